The molecule has 0 saturated heterocycles. The second kappa shape index (κ2) is 7.01. The first-order valence-corrected chi connectivity index (χ1v) is 5.93. The highest BCUT2D eigenvalue weighted by Gasteiger charge is 2.14. The third-order valence-electron chi connectivity index (χ3n) is 2.68. The Labute approximate surface area is 102 Å². The summed E-state index contributed by atoms with van der Waals surface area (Å²) in [6, 6.07) is 5.50. The van der Waals surface area contributed by atoms with Crippen LogP contribution in [0.25, 0.3) is 0 Å². The van der Waals surface area contributed by atoms with Crippen molar-refractivity contribution in [1.29, 1.82) is 0 Å². The van der Waals surface area contributed by atoms with E-state index >= 15 is 0 Å². The molecule has 1 atom stereocenters. The van der Waals surface area contributed by atoms with Gasteiger partial charge in [-0.1, -0.05) is 19.9 Å². The first-order valence-electron chi connectivity index (χ1n) is 5.93. The molecule has 1 amide bonds. The largest absolute Gasteiger partial charge is 0.394 e. The fraction of sp³-hybridized carbons (Fsp3) is 0.538. The number of rotatable bonds is 6. The number of pyridine rings is 1. The fourth-order valence-electron chi connectivity index (χ4n) is 1.49. The zero-order valence-corrected chi connectivity index (χ0v) is 10.4. The number of hydrogen-bond donors (Lipinski definition) is 2. The lowest BCUT2D eigenvalue weighted by Gasteiger charge is -2.19. The summed E-state index contributed by atoms with van der Waals surface area (Å²) in [5.74, 6) is 0.196. The Hall–Kier alpha value is -1.42. The van der Waals surface area contributed by atoms with Crippen molar-refractivity contribution in [2.24, 2.45) is 5.92 Å². The lowest BCUT2D eigenvalue weighted by molar-refractivity contribution is -0.122. The summed E-state index contributed by atoms with van der Waals surface area (Å²) in [4.78, 5) is 15.8. The van der Waals surface area contributed by atoms with Crippen molar-refractivity contribution >= 4 is 5.91 Å². The molecule has 0 fully saturated rings. The SMILES string of the molecule is CC(C)[C@@H](CO)NC(=O)CCc1ccccn1. The smallest absolute Gasteiger partial charge is 0.220 e. The maximum atomic E-state index is 11.6. The van der Waals surface area contributed by atoms with Crippen LogP contribution in [0.1, 0.15) is 26.0 Å². The molecule has 0 saturated carbocycles. The number of nitrogens with zero attached hydrogens (tertiary/aromatic N) is 1. The predicted octanol–water partition coefficient (Wildman–Crippen LogP) is 1.15. The molecule has 94 valence electrons. The summed E-state index contributed by atoms with van der Waals surface area (Å²) in [7, 11) is 0. The van der Waals surface area contributed by atoms with Gasteiger partial charge in [0.2, 0.25) is 5.91 Å². The minimum Gasteiger partial charge on any atom is -0.394 e. The van der Waals surface area contributed by atoms with Gasteiger partial charge < -0.3 is 10.4 Å². The summed E-state index contributed by atoms with van der Waals surface area (Å²) < 4.78 is 0. The summed E-state index contributed by atoms with van der Waals surface area (Å²) >= 11 is 0. The van der Waals surface area contributed by atoms with Gasteiger partial charge in [0.15, 0.2) is 0 Å². The molecule has 0 aliphatic heterocycles. The van der Waals surface area contributed by atoms with Crippen molar-refractivity contribution in [2.45, 2.75) is 32.7 Å². The number of nitrogens with one attached hydrogen (secondary N) is 1. The molecular weight excluding hydrogens is 216 g/mol. The molecule has 17 heavy (non-hydrogen) atoms. The number of aromatic nitrogens is 1. The van der Waals surface area contributed by atoms with E-state index in [1.165, 1.54) is 0 Å². The van der Waals surface area contributed by atoms with E-state index < -0.39 is 0 Å². The molecule has 2 N–H and O–H groups in total. The van der Waals surface area contributed by atoms with Gasteiger partial charge in [0.1, 0.15) is 0 Å². The van der Waals surface area contributed by atoms with Gasteiger partial charge in [0.25, 0.3) is 0 Å². The topological polar surface area (TPSA) is 62.2 Å². The fourth-order valence-corrected chi connectivity index (χ4v) is 1.49. The minimum absolute atomic E-state index is 0.0208. The summed E-state index contributed by atoms with van der Waals surface area (Å²) in [5.41, 5.74) is 0.910. The summed E-state index contributed by atoms with van der Waals surface area (Å²) in [6.45, 7) is 3.92. The van der Waals surface area contributed by atoms with Gasteiger partial charge in [0, 0.05) is 18.3 Å². The Bertz CT molecular complexity index is 339. The van der Waals surface area contributed by atoms with E-state index in [0.29, 0.717) is 12.8 Å². The van der Waals surface area contributed by atoms with Crippen LogP contribution in [0, 0.1) is 5.92 Å². The highest BCUT2D eigenvalue weighted by molar-refractivity contribution is 5.76. The van der Waals surface area contributed by atoms with Crippen LogP contribution in [0.4, 0.5) is 0 Å². The minimum atomic E-state index is -0.161. The van der Waals surface area contributed by atoms with Gasteiger partial charge in [-0.05, 0) is 24.5 Å². The van der Waals surface area contributed by atoms with Gasteiger partial charge in [0.05, 0.1) is 12.6 Å². The van der Waals surface area contributed by atoms with Crippen LogP contribution in [0.15, 0.2) is 24.4 Å². The van der Waals surface area contributed by atoms with Crippen LogP contribution in [-0.4, -0.2) is 28.6 Å². The van der Waals surface area contributed by atoms with Crippen molar-refractivity contribution < 1.29 is 9.90 Å². The number of carbonyl (C=O) groups excluding carboxylic acids is 1. The molecule has 1 rings (SSSR count). The van der Waals surface area contributed by atoms with Crippen LogP contribution in [0.5, 0.6) is 0 Å². The number of aliphatic hydroxyl groups excluding tert-OH is 1. The molecule has 0 aliphatic carbocycles. The summed E-state index contributed by atoms with van der Waals surface area (Å²) in [5, 5.41) is 11.9. The standard InChI is InChI=1S/C13H20N2O2/c1-10(2)12(9-16)15-13(17)7-6-11-5-3-4-8-14-11/h3-5,8,10,12,16H,6-7,9H2,1-2H3,(H,15,17)/t12-/m1/s1. The molecule has 0 unspecified atom stereocenters. The number of hydrogen-bond acceptors (Lipinski definition) is 3. The Morgan fingerprint density at radius 2 is 2.24 bits per heavy atom. The van der Waals surface area contributed by atoms with Crippen LogP contribution in [0.3, 0.4) is 0 Å². The maximum absolute atomic E-state index is 11.6. The van der Waals surface area contributed by atoms with E-state index in [9.17, 15) is 4.79 Å². The molecule has 4 nitrogen and oxygen atoms in total. The second-order valence-corrected chi connectivity index (χ2v) is 4.42. The lowest BCUT2D eigenvalue weighted by atomic mass is 10.1. The molecule has 0 radical (unpaired) electrons. The monoisotopic (exact) mass is 236 g/mol. The van der Waals surface area contributed by atoms with Gasteiger partial charge in [-0.25, -0.2) is 0 Å². The van der Waals surface area contributed by atoms with Crippen molar-refractivity contribution in [3.05, 3.63) is 30.1 Å². The number of amides is 1. The Morgan fingerprint density at radius 1 is 1.47 bits per heavy atom. The second-order valence-electron chi connectivity index (χ2n) is 4.42. The van der Waals surface area contributed by atoms with E-state index in [2.05, 4.69) is 10.3 Å². The first-order chi connectivity index (χ1) is 8.13. The third-order valence-corrected chi connectivity index (χ3v) is 2.68. The number of carbonyl (C=O) groups is 1. The summed E-state index contributed by atoms with van der Waals surface area (Å²) in [6.07, 6.45) is 2.75. The van der Waals surface area contributed by atoms with Gasteiger partial charge in [-0.2, -0.15) is 0 Å². The molecule has 0 aromatic carbocycles. The third kappa shape index (κ3) is 4.95. The molecular formula is C13H20N2O2. The lowest BCUT2D eigenvalue weighted by Crippen LogP contribution is -2.41. The Balaban J connectivity index is 2.35. The molecule has 0 aliphatic rings. The van der Waals surface area contributed by atoms with Crippen molar-refractivity contribution in [3.8, 4) is 0 Å². The Morgan fingerprint density at radius 3 is 2.76 bits per heavy atom. The number of aryl methyl sites for hydroxylation is 1. The van der Waals surface area contributed by atoms with E-state index in [1.54, 1.807) is 6.20 Å². The van der Waals surface area contributed by atoms with Gasteiger partial charge in [-0.3, -0.25) is 9.78 Å². The van der Waals surface area contributed by atoms with E-state index in [1.807, 2.05) is 32.0 Å². The predicted molar refractivity (Wildman–Crippen MR) is 66.4 cm³/mol. The van der Waals surface area contributed by atoms with Crippen LogP contribution >= 0.6 is 0 Å². The zero-order chi connectivity index (χ0) is 12.7. The normalized spacial score (nSPS) is 12.5. The number of aliphatic hydroxyl groups is 1. The van der Waals surface area contributed by atoms with Gasteiger partial charge >= 0.3 is 0 Å². The van der Waals surface area contributed by atoms with Crippen LogP contribution < -0.4 is 5.32 Å². The van der Waals surface area contributed by atoms with E-state index in [4.69, 9.17) is 5.11 Å². The van der Waals surface area contributed by atoms with Crippen molar-refractivity contribution in [1.82, 2.24) is 10.3 Å². The van der Waals surface area contributed by atoms with Crippen molar-refractivity contribution in [2.75, 3.05) is 6.61 Å². The molecule has 4 heteroatoms. The highest BCUT2D eigenvalue weighted by atomic mass is 16.3. The average Bonchev–Trinajstić information content (AvgIpc) is 2.34. The first kappa shape index (κ1) is 13.6. The van der Waals surface area contributed by atoms with Crippen LogP contribution in [-0.2, 0) is 11.2 Å². The van der Waals surface area contributed by atoms with E-state index in [0.717, 1.165) is 5.69 Å². The highest BCUT2D eigenvalue weighted by Crippen LogP contribution is 2.02. The molecule has 0 bridgehead atoms. The van der Waals surface area contributed by atoms with E-state index in [-0.39, 0.29) is 24.5 Å². The quantitative estimate of drug-likeness (QED) is 0.778. The molecule has 1 heterocycles. The molecule has 0 spiro atoms. The molecule has 1 aromatic heterocycles. The average molecular weight is 236 g/mol. The Kier molecular flexibility index (Phi) is 5.63. The van der Waals surface area contributed by atoms with Crippen LogP contribution in [0.2, 0.25) is 0 Å². The maximum Gasteiger partial charge on any atom is 0.220 e. The van der Waals surface area contributed by atoms with Crippen molar-refractivity contribution in [3.63, 3.8) is 0 Å². The molecule has 1 aromatic rings. The zero-order valence-electron chi connectivity index (χ0n) is 10.4. The van der Waals surface area contributed by atoms with Gasteiger partial charge in [-0.15, -0.1) is 0 Å².